The van der Waals surface area contributed by atoms with Crippen molar-refractivity contribution in [2.45, 2.75) is 26.3 Å². The van der Waals surface area contributed by atoms with Gasteiger partial charge in [0.15, 0.2) is 0 Å². The lowest BCUT2D eigenvalue weighted by Crippen LogP contribution is -2.16. The molecule has 196 valence electrons. The lowest BCUT2D eigenvalue weighted by molar-refractivity contribution is 0.0687. The number of fused-ring (bicyclic) bond motifs is 2. The van der Waals surface area contributed by atoms with Gasteiger partial charge in [-0.25, -0.2) is 13.2 Å². The first-order valence-electron chi connectivity index (χ1n) is 12.1. The molecule has 2 N–H and O–H groups in total. The van der Waals surface area contributed by atoms with E-state index in [0.717, 1.165) is 34.7 Å². The quantitative estimate of drug-likeness (QED) is 0.232. The molecule has 0 amide bonds. The van der Waals surface area contributed by atoms with Gasteiger partial charge in [0.2, 0.25) is 10.0 Å². The molecular formula is C27H26N4O5S2. The monoisotopic (exact) mass is 550 g/mol. The van der Waals surface area contributed by atoms with Crippen molar-refractivity contribution >= 4 is 55.3 Å². The Balaban J connectivity index is 1.73. The molecule has 2 heterocycles. The number of ether oxygens (including phenoxy) is 1. The van der Waals surface area contributed by atoms with Crippen molar-refractivity contribution in [2.75, 3.05) is 17.6 Å². The highest BCUT2D eigenvalue weighted by Crippen LogP contribution is 2.41. The summed E-state index contributed by atoms with van der Waals surface area (Å²) in [6.45, 7) is 2.20. The highest BCUT2D eigenvalue weighted by molar-refractivity contribution is 7.92. The predicted molar refractivity (Wildman–Crippen MR) is 150 cm³/mol. The fourth-order valence-electron chi connectivity index (χ4n) is 4.60. The molecule has 5 aromatic rings. The molecule has 0 fully saturated rings. The summed E-state index contributed by atoms with van der Waals surface area (Å²) in [7, 11) is -2.02. The second-order valence-electron chi connectivity index (χ2n) is 8.91. The predicted octanol–water partition coefficient (Wildman–Crippen LogP) is 5.61. The van der Waals surface area contributed by atoms with Crippen LogP contribution >= 0.6 is 11.7 Å². The largest absolute Gasteiger partial charge is 0.496 e. The van der Waals surface area contributed by atoms with Crippen LogP contribution in [0.1, 0.15) is 35.8 Å². The van der Waals surface area contributed by atoms with E-state index in [0.29, 0.717) is 39.9 Å². The van der Waals surface area contributed by atoms with Gasteiger partial charge in [0.05, 0.1) is 24.6 Å². The molecule has 0 aliphatic heterocycles. The maximum atomic E-state index is 12.8. The number of hydrogen-bond acceptors (Lipinski definition) is 7. The number of nitrogens with one attached hydrogen (secondary N) is 1. The summed E-state index contributed by atoms with van der Waals surface area (Å²) in [5.74, 6) is -0.586. The van der Waals surface area contributed by atoms with Crippen LogP contribution in [0.5, 0.6) is 5.75 Å². The fraction of sp³-hybridized carbons (Fsp3) is 0.222. The van der Waals surface area contributed by atoms with E-state index in [4.69, 9.17) is 4.74 Å². The summed E-state index contributed by atoms with van der Waals surface area (Å²) in [5, 5.41) is 11.0. The van der Waals surface area contributed by atoms with E-state index < -0.39 is 16.0 Å². The fourth-order valence-corrected chi connectivity index (χ4v) is 6.38. The molecule has 2 aromatic heterocycles. The number of methoxy groups -OCH3 is 1. The summed E-state index contributed by atoms with van der Waals surface area (Å²) in [6, 6.07) is 18.0. The maximum absolute atomic E-state index is 12.8. The normalized spacial score (nSPS) is 11.7. The minimum atomic E-state index is -3.55. The molecular weight excluding hydrogens is 524 g/mol. The molecule has 5 rings (SSSR count). The molecule has 0 saturated carbocycles. The Hall–Kier alpha value is -3.96. The number of sulfonamides is 1. The first-order chi connectivity index (χ1) is 18.3. The Morgan fingerprint density at radius 3 is 2.63 bits per heavy atom. The number of rotatable bonds is 10. The molecule has 0 bridgehead atoms. The van der Waals surface area contributed by atoms with E-state index in [1.54, 1.807) is 34.9 Å². The molecule has 38 heavy (non-hydrogen) atoms. The van der Waals surface area contributed by atoms with Gasteiger partial charge < -0.3 is 14.4 Å². The zero-order valence-corrected chi connectivity index (χ0v) is 22.5. The highest BCUT2D eigenvalue weighted by Gasteiger charge is 2.26. The van der Waals surface area contributed by atoms with Crippen LogP contribution in [-0.2, 0) is 16.6 Å². The Morgan fingerprint density at radius 1 is 1.08 bits per heavy atom. The van der Waals surface area contributed by atoms with E-state index >= 15 is 0 Å². The van der Waals surface area contributed by atoms with Crippen LogP contribution in [0.4, 0.5) is 5.69 Å². The summed E-state index contributed by atoms with van der Waals surface area (Å²) in [6.07, 6.45) is 1.30. The number of unbranched alkanes of at least 4 members (excludes halogenated alkanes) is 1. The molecule has 11 heteroatoms. The van der Waals surface area contributed by atoms with E-state index in [2.05, 4.69) is 13.5 Å². The van der Waals surface area contributed by atoms with Crippen molar-refractivity contribution in [1.82, 2.24) is 13.3 Å². The summed E-state index contributed by atoms with van der Waals surface area (Å²) in [5.41, 5.74) is 4.54. The Bertz CT molecular complexity index is 1760. The van der Waals surface area contributed by atoms with E-state index in [1.807, 2.05) is 37.3 Å². The number of carboxylic acid groups (broad SMARTS) is 1. The zero-order chi connectivity index (χ0) is 26.9. The standard InChI is InChI=1S/C27H26N4O5S2/c1-3-4-13-38(34,35)30-18-10-12-23-20(15-18)25(19-7-5-6-8-24(19)36-2)26(27(32)33)31(23)16-17-9-11-21-22(14-17)29-37-28-21/h5-12,14-15,30H,3-4,13,16H2,1-2H3,(H,32,33). The number of para-hydroxylation sites is 1. The maximum Gasteiger partial charge on any atom is 0.353 e. The van der Waals surface area contributed by atoms with Crippen LogP contribution in [0, 0.1) is 0 Å². The van der Waals surface area contributed by atoms with Gasteiger partial charge in [0, 0.05) is 34.3 Å². The van der Waals surface area contributed by atoms with E-state index in [-0.39, 0.29) is 18.0 Å². The molecule has 0 spiro atoms. The summed E-state index contributed by atoms with van der Waals surface area (Å²) in [4.78, 5) is 12.8. The van der Waals surface area contributed by atoms with Gasteiger partial charge >= 0.3 is 5.97 Å². The average molecular weight is 551 g/mol. The third-order valence-electron chi connectivity index (χ3n) is 6.34. The molecule has 0 unspecified atom stereocenters. The second kappa shape index (κ2) is 10.4. The SMILES string of the molecule is CCCCS(=O)(=O)Nc1ccc2c(c1)c(-c1ccccc1OC)c(C(=O)O)n2Cc1ccc2nsnc2c1. The van der Waals surface area contributed by atoms with Crippen LogP contribution in [0.25, 0.3) is 33.1 Å². The van der Waals surface area contributed by atoms with Crippen LogP contribution in [0.2, 0.25) is 0 Å². The number of carbonyl (C=O) groups is 1. The molecule has 0 aliphatic carbocycles. The van der Waals surface area contributed by atoms with Crippen molar-refractivity contribution in [2.24, 2.45) is 0 Å². The molecule has 0 aliphatic rings. The van der Waals surface area contributed by atoms with Gasteiger partial charge in [-0.05, 0) is 48.4 Å². The van der Waals surface area contributed by atoms with Crippen molar-refractivity contribution in [3.63, 3.8) is 0 Å². The number of carboxylic acids is 1. The molecule has 0 radical (unpaired) electrons. The van der Waals surface area contributed by atoms with Crippen LogP contribution in [-0.4, -0.2) is 45.7 Å². The second-order valence-corrected chi connectivity index (χ2v) is 11.3. The van der Waals surface area contributed by atoms with Crippen LogP contribution < -0.4 is 9.46 Å². The van der Waals surface area contributed by atoms with E-state index in [1.165, 1.54) is 7.11 Å². The minimum Gasteiger partial charge on any atom is -0.496 e. The van der Waals surface area contributed by atoms with Gasteiger partial charge in [0.1, 0.15) is 22.5 Å². The van der Waals surface area contributed by atoms with Gasteiger partial charge in [-0.15, -0.1) is 0 Å². The molecule has 3 aromatic carbocycles. The van der Waals surface area contributed by atoms with Gasteiger partial charge in [-0.3, -0.25) is 4.72 Å². The zero-order valence-electron chi connectivity index (χ0n) is 20.8. The smallest absolute Gasteiger partial charge is 0.353 e. The lowest BCUT2D eigenvalue weighted by atomic mass is 10.0. The molecule has 9 nitrogen and oxygen atoms in total. The van der Waals surface area contributed by atoms with Crippen molar-refractivity contribution in [3.05, 3.63) is 71.9 Å². The number of aromatic nitrogens is 3. The first kappa shape index (κ1) is 25.7. The Kier molecular flexibility index (Phi) is 7.04. The third kappa shape index (κ3) is 4.94. The first-order valence-corrected chi connectivity index (χ1v) is 14.4. The van der Waals surface area contributed by atoms with Crippen LogP contribution in [0.3, 0.4) is 0 Å². The average Bonchev–Trinajstić information content (AvgIpc) is 3.49. The van der Waals surface area contributed by atoms with Crippen LogP contribution in [0.15, 0.2) is 60.7 Å². The summed E-state index contributed by atoms with van der Waals surface area (Å²) < 4.78 is 43.7. The molecule has 0 atom stereocenters. The van der Waals surface area contributed by atoms with Gasteiger partial charge in [-0.1, -0.05) is 37.6 Å². The number of nitrogens with zero attached hydrogens (tertiary/aromatic N) is 3. The number of hydrogen-bond donors (Lipinski definition) is 2. The summed E-state index contributed by atoms with van der Waals surface area (Å²) >= 11 is 1.12. The number of benzene rings is 3. The van der Waals surface area contributed by atoms with Gasteiger partial charge in [-0.2, -0.15) is 8.75 Å². The Morgan fingerprint density at radius 2 is 1.87 bits per heavy atom. The van der Waals surface area contributed by atoms with E-state index in [9.17, 15) is 18.3 Å². The lowest BCUT2D eigenvalue weighted by Gasteiger charge is -2.11. The van der Waals surface area contributed by atoms with Gasteiger partial charge in [0.25, 0.3) is 0 Å². The van der Waals surface area contributed by atoms with Crippen molar-refractivity contribution < 1.29 is 23.1 Å². The number of aromatic carboxylic acids is 1. The topological polar surface area (TPSA) is 123 Å². The van der Waals surface area contributed by atoms with Crippen molar-refractivity contribution in [1.29, 1.82) is 0 Å². The third-order valence-corrected chi connectivity index (χ3v) is 8.27. The minimum absolute atomic E-state index is 0.0102. The highest BCUT2D eigenvalue weighted by atomic mass is 32.2. The Labute approximate surface area is 224 Å². The number of anilines is 1. The van der Waals surface area contributed by atoms with Crippen molar-refractivity contribution in [3.8, 4) is 16.9 Å². The molecule has 0 saturated heterocycles.